The fourth-order valence-corrected chi connectivity index (χ4v) is 1.63. The molecule has 0 aromatic rings. The third kappa shape index (κ3) is 31.9. The Bertz CT molecular complexity index is 87.8. The molecule has 5 heteroatoms. The van der Waals surface area contributed by atoms with Crippen LogP contribution in [0.2, 0.25) is 0 Å². The van der Waals surface area contributed by atoms with Gasteiger partial charge < -0.3 is 30.5 Å². The molecule has 2 N–H and O–H groups in total. The van der Waals surface area contributed by atoms with E-state index in [0.717, 1.165) is 6.54 Å². The summed E-state index contributed by atoms with van der Waals surface area (Å²) in [6.45, 7) is 3.14. The molecule has 0 rings (SSSR count). The van der Waals surface area contributed by atoms with Crippen LogP contribution in [0.4, 0.5) is 0 Å². The molecule has 0 aromatic heterocycles. The second-order valence-electron chi connectivity index (χ2n) is 3.97. The first-order chi connectivity index (χ1) is 6.41. The van der Waals surface area contributed by atoms with Crippen LogP contribution in [0.5, 0.6) is 0 Å². The van der Waals surface area contributed by atoms with Crippen molar-refractivity contribution in [3.63, 3.8) is 0 Å². The number of hydrogen-bond donors (Lipinski definition) is 1. The molecule has 0 atom stereocenters. The Morgan fingerprint density at radius 3 is 1.24 bits per heavy atom. The molecule has 0 radical (unpaired) electrons. The minimum Gasteiger partial charge on any atom is -1.00 e. The molecule has 0 heterocycles. The third-order valence-corrected chi connectivity index (χ3v) is 2.56. The van der Waals surface area contributed by atoms with Crippen molar-refractivity contribution in [3.8, 4) is 0 Å². The van der Waals surface area contributed by atoms with E-state index in [1.54, 1.807) is 0 Å². The monoisotopic (exact) mass is 405 g/mol. The van der Waals surface area contributed by atoms with Crippen molar-refractivity contribution in [1.82, 2.24) is 0 Å². The van der Waals surface area contributed by atoms with E-state index in [4.69, 9.17) is 5.73 Å². The van der Waals surface area contributed by atoms with Gasteiger partial charge in [-0.05, 0) is 13.0 Å². The van der Waals surface area contributed by atoms with E-state index in [1.165, 1.54) is 64.2 Å². The first kappa shape index (κ1) is 31.2. The molecule has 104 valence electrons. The van der Waals surface area contributed by atoms with Gasteiger partial charge in [0.1, 0.15) is 0 Å². The molecule has 0 aliphatic carbocycles. The van der Waals surface area contributed by atoms with E-state index in [0.29, 0.717) is 0 Å². The van der Waals surface area contributed by atoms with Gasteiger partial charge in [0.25, 0.3) is 0 Å². The Morgan fingerprint density at radius 2 is 0.941 bits per heavy atom. The average molecular weight is 405 g/mol. The molecule has 1 nitrogen and oxygen atoms in total. The van der Waals surface area contributed by atoms with Crippen LogP contribution in [0.15, 0.2) is 0 Å². The van der Waals surface area contributed by atoms with Crippen LogP contribution in [-0.2, 0) is 27.3 Å². The molecule has 0 aromatic carbocycles. The Balaban J connectivity index is -0.000000120. The number of rotatable bonds is 10. The Hall–Kier alpha value is 1.75. The summed E-state index contributed by atoms with van der Waals surface area (Å²) < 4.78 is 0. The molecular weight excluding hydrogens is 377 g/mol. The van der Waals surface area contributed by atoms with Gasteiger partial charge in [0.15, 0.2) is 0 Å². The molecule has 0 saturated carbocycles. The SMILES string of the molecule is CCCCCCCCCCCCN.Cl.[Cd+2].[Cl-].[Cl-]. The van der Waals surface area contributed by atoms with Gasteiger partial charge in [-0.2, -0.15) is 0 Å². The Kier molecular flexibility index (Phi) is 56.3. The van der Waals surface area contributed by atoms with E-state index >= 15 is 0 Å². The number of nitrogens with two attached hydrogens (primary N) is 1. The summed E-state index contributed by atoms with van der Waals surface area (Å²) >= 11 is 0. The molecular formula is C12H28CdCl3N. The molecule has 0 fully saturated rings. The van der Waals surface area contributed by atoms with Gasteiger partial charge in [0.05, 0.1) is 0 Å². The largest absolute Gasteiger partial charge is 2.00 e. The van der Waals surface area contributed by atoms with Crippen LogP contribution >= 0.6 is 12.4 Å². The van der Waals surface area contributed by atoms with Gasteiger partial charge in [0, 0.05) is 0 Å². The van der Waals surface area contributed by atoms with Crippen LogP contribution in [0.3, 0.4) is 0 Å². The maximum atomic E-state index is 5.42. The van der Waals surface area contributed by atoms with E-state index in [-0.39, 0.29) is 64.5 Å². The van der Waals surface area contributed by atoms with Crippen LogP contribution in [0.25, 0.3) is 0 Å². The Morgan fingerprint density at radius 1 is 0.647 bits per heavy atom. The predicted octanol–water partition coefficient (Wildman–Crippen LogP) is -1.71. The van der Waals surface area contributed by atoms with Crippen LogP contribution in [0.1, 0.15) is 71.1 Å². The molecule has 0 aliphatic rings. The molecule has 17 heavy (non-hydrogen) atoms. The van der Waals surface area contributed by atoms with Crippen LogP contribution in [0, 0.1) is 0 Å². The standard InChI is InChI=1S/C12H27N.Cd.3ClH/c1-2-3-4-5-6-7-8-9-10-11-12-13;;;;/h2-13H2,1H3;;3*1H/q;+2;;;/p-2. The summed E-state index contributed by atoms with van der Waals surface area (Å²) in [4.78, 5) is 0. The second-order valence-corrected chi connectivity index (χ2v) is 3.97. The topological polar surface area (TPSA) is 26.0 Å². The van der Waals surface area contributed by atoms with Crippen molar-refractivity contribution in [1.29, 1.82) is 0 Å². The van der Waals surface area contributed by atoms with Crippen molar-refractivity contribution in [2.24, 2.45) is 5.73 Å². The van der Waals surface area contributed by atoms with Crippen LogP contribution in [-0.4, -0.2) is 6.54 Å². The zero-order chi connectivity index (χ0) is 9.78. The molecule has 0 bridgehead atoms. The summed E-state index contributed by atoms with van der Waals surface area (Å²) in [6.07, 6.45) is 13.9. The third-order valence-electron chi connectivity index (χ3n) is 2.56. The van der Waals surface area contributed by atoms with Crippen molar-refractivity contribution < 1.29 is 52.1 Å². The number of halogens is 3. The van der Waals surface area contributed by atoms with Crippen molar-refractivity contribution >= 4 is 12.4 Å². The van der Waals surface area contributed by atoms with E-state index in [1.807, 2.05) is 0 Å². The second kappa shape index (κ2) is 30.6. The zero-order valence-electron chi connectivity index (χ0n) is 11.2. The summed E-state index contributed by atoms with van der Waals surface area (Å²) in [5.74, 6) is 0. The first-order valence-corrected chi connectivity index (χ1v) is 6.12. The van der Waals surface area contributed by atoms with E-state index in [9.17, 15) is 0 Å². The molecule has 0 aliphatic heterocycles. The normalized spacial score (nSPS) is 8.12. The van der Waals surface area contributed by atoms with Crippen molar-refractivity contribution in [2.75, 3.05) is 6.54 Å². The minimum absolute atomic E-state index is 0. The zero-order valence-corrected chi connectivity index (χ0v) is 17.6. The van der Waals surface area contributed by atoms with Gasteiger partial charge in [-0.3, -0.25) is 0 Å². The van der Waals surface area contributed by atoms with Gasteiger partial charge >= 0.3 is 27.3 Å². The van der Waals surface area contributed by atoms with Gasteiger partial charge in [-0.1, -0.05) is 64.7 Å². The average Bonchev–Trinajstić information content (AvgIpc) is 2.16. The van der Waals surface area contributed by atoms with Gasteiger partial charge in [-0.15, -0.1) is 12.4 Å². The maximum Gasteiger partial charge on any atom is 2.00 e. The van der Waals surface area contributed by atoms with Gasteiger partial charge in [-0.25, -0.2) is 0 Å². The Labute approximate surface area is 147 Å². The minimum atomic E-state index is 0. The fraction of sp³-hybridized carbons (Fsp3) is 1.00. The molecule has 0 unspecified atom stereocenters. The van der Waals surface area contributed by atoms with Gasteiger partial charge in [0.2, 0.25) is 0 Å². The summed E-state index contributed by atoms with van der Waals surface area (Å²) in [7, 11) is 0. The van der Waals surface area contributed by atoms with Crippen molar-refractivity contribution in [3.05, 3.63) is 0 Å². The summed E-state index contributed by atoms with van der Waals surface area (Å²) in [5.41, 5.74) is 5.42. The number of unbranched alkanes of at least 4 members (excludes halogenated alkanes) is 9. The summed E-state index contributed by atoms with van der Waals surface area (Å²) in [5, 5.41) is 0. The molecule has 0 amide bonds. The van der Waals surface area contributed by atoms with E-state index in [2.05, 4.69) is 6.92 Å². The fourth-order valence-electron chi connectivity index (χ4n) is 1.63. The van der Waals surface area contributed by atoms with Crippen LogP contribution < -0.4 is 30.5 Å². The smallest absolute Gasteiger partial charge is 1.00 e. The molecule has 0 saturated heterocycles. The van der Waals surface area contributed by atoms with Crippen molar-refractivity contribution in [2.45, 2.75) is 71.1 Å². The number of hydrogen-bond acceptors (Lipinski definition) is 1. The summed E-state index contributed by atoms with van der Waals surface area (Å²) in [6, 6.07) is 0. The van der Waals surface area contributed by atoms with E-state index < -0.39 is 0 Å². The first-order valence-electron chi connectivity index (χ1n) is 6.12. The maximum absolute atomic E-state index is 5.42. The quantitative estimate of drug-likeness (QED) is 0.340. The predicted molar refractivity (Wildman–Crippen MR) is 68.1 cm³/mol. The molecule has 0 spiro atoms.